The molecule has 0 spiro atoms. The number of halogens is 5. The highest BCUT2D eigenvalue weighted by molar-refractivity contribution is 5.93. The number of carbonyl (C=O) groups is 2. The lowest BCUT2D eigenvalue weighted by atomic mass is 10.1. The summed E-state index contributed by atoms with van der Waals surface area (Å²) in [7, 11) is 0. The molecule has 2 aromatic carbocycles. The number of hydrogen-bond donors (Lipinski definition) is 0. The van der Waals surface area contributed by atoms with Crippen molar-refractivity contribution in [2.24, 2.45) is 0 Å². The van der Waals surface area contributed by atoms with Gasteiger partial charge in [-0.25, -0.2) is 13.6 Å². The third-order valence-corrected chi connectivity index (χ3v) is 4.36. The van der Waals surface area contributed by atoms with Gasteiger partial charge in [0.15, 0.2) is 0 Å². The molecule has 1 heterocycles. The summed E-state index contributed by atoms with van der Waals surface area (Å²) in [5.74, 6) is -4.45. The molecule has 0 atom stereocenters. The van der Waals surface area contributed by atoms with Gasteiger partial charge in [0, 0.05) is 5.69 Å². The van der Waals surface area contributed by atoms with Crippen LogP contribution in [0.3, 0.4) is 0 Å². The number of likely N-dealkylation sites (tertiary alicyclic amines) is 1. The molecular formula is C19H14F5N2O3-. The molecule has 1 saturated heterocycles. The molecular weight excluding hydrogens is 399 g/mol. The monoisotopic (exact) mass is 413 g/mol. The molecule has 0 aliphatic carbocycles. The van der Waals surface area contributed by atoms with Gasteiger partial charge in [0.2, 0.25) is 0 Å². The molecule has 10 heteroatoms. The van der Waals surface area contributed by atoms with E-state index in [0.29, 0.717) is 5.56 Å². The Balaban J connectivity index is 1.92. The van der Waals surface area contributed by atoms with Crippen molar-refractivity contribution in [2.45, 2.75) is 18.6 Å². The maximum atomic E-state index is 13.2. The molecule has 5 nitrogen and oxygen atoms in total. The number of aromatic carboxylic acids is 1. The molecule has 0 N–H and O–H groups in total. The molecule has 0 saturated carbocycles. The van der Waals surface area contributed by atoms with Crippen molar-refractivity contribution in [2.75, 3.05) is 18.0 Å². The van der Waals surface area contributed by atoms with Crippen molar-refractivity contribution in [3.8, 4) is 0 Å². The topological polar surface area (TPSA) is 63.7 Å². The van der Waals surface area contributed by atoms with Crippen LogP contribution in [0.5, 0.6) is 0 Å². The molecule has 29 heavy (non-hydrogen) atoms. The van der Waals surface area contributed by atoms with Crippen LogP contribution in [-0.2, 0) is 12.7 Å². The van der Waals surface area contributed by atoms with Crippen LogP contribution in [0.25, 0.3) is 0 Å². The summed E-state index contributed by atoms with van der Waals surface area (Å²) in [6.07, 6.45) is -4.65. The van der Waals surface area contributed by atoms with E-state index in [1.165, 1.54) is 30.3 Å². The van der Waals surface area contributed by atoms with Crippen LogP contribution in [0.2, 0.25) is 0 Å². The van der Waals surface area contributed by atoms with E-state index in [9.17, 15) is 36.6 Å². The Labute approximate surface area is 162 Å². The molecule has 2 amide bonds. The molecule has 2 aromatic rings. The fourth-order valence-corrected chi connectivity index (χ4v) is 2.87. The van der Waals surface area contributed by atoms with Gasteiger partial charge in [-0.3, -0.25) is 4.90 Å². The molecule has 1 aliphatic heterocycles. The Hall–Kier alpha value is -3.17. The minimum atomic E-state index is -4.65. The van der Waals surface area contributed by atoms with Crippen LogP contribution >= 0.6 is 0 Å². The first-order valence-electron chi connectivity index (χ1n) is 8.38. The normalized spacial score (nSPS) is 15.6. The smallest absolute Gasteiger partial charge is 0.416 e. The standard InChI is InChI=1S/C19H15F5N2O3/c20-18(21)10-25(11-18)17(29)26(9-12-4-6-13(7-5-12)16(27)28)15-3-1-2-14(8-15)19(22,23)24/h1-8H,9-11H2,(H,27,28)/p-1. The van der Waals surface area contributed by atoms with Gasteiger partial charge >= 0.3 is 12.2 Å². The number of rotatable bonds is 4. The summed E-state index contributed by atoms with van der Waals surface area (Å²) in [5, 5.41) is 10.8. The van der Waals surface area contributed by atoms with Gasteiger partial charge in [-0.1, -0.05) is 30.3 Å². The summed E-state index contributed by atoms with van der Waals surface area (Å²) in [4.78, 5) is 25.3. The number of carboxylic acids is 1. The number of hydrogen-bond acceptors (Lipinski definition) is 3. The van der Waals surface area contributed by atoms with Gasteiger partial charge < -0.3 is 14.8 Å². The van der Waals surface area contributed by atoms with Crippen LogP contribution in [0.1, 0.15) is 21.5 Å². The van der Waals surface area contributed by atoms with Crippen LogP contribution in [0.15, 0.2) is 48.5 Å². The first-order valence-corrected chi connectivity index (χ1v) is 8.38. The zero-order chi connectivity index (χ0) is 21.4. The Bertz CT molecular complexity index is 920. The predicted octanol–water partition coefficient (Wildman–Crippen LogP) is 3.15. The van der Waals surface area contributed by atoms with Gasteiger partial charge in [-0.05, 0) is 29.3 Å². The SMILES string of the molecule is O=C([O-])c1ccc(CN(C(=O)N2CC(F)(F)C2)c2cccc(C(F)(F)F)c2)cc1. The van der Waals surface area contributed by atoms with E-state index in [1.807, 2.05) is 0 Å². The largest absolute Gasteiger partial charge is 0.545 e. The highest BCUT2D eigenvalue weighted by Gasteiger charge is 2.47. The van der Waals surface area contributed by atoms with E-state index in [0.717, 1.165) is 28.0 Å². The lowest BCUT2D eigenvalue weighted by Gasteiger charge is -2.41. The zero-order valence-electron chi connectivity index (χ0n) is 14.7. The third-order valence-electron chi connectivity index (χ3n) is 4.36. The van der Waals surface area contributed by atoms with Gasteiger partial charge in [-0.2, -0.15) is 13.2 Å². The number of amides is 2. The minimum absolute atomic E-state index is 0.118. The molecule has 0 unspecified atom stereocenters. The van der Waals surface area contributed by atoms with Crippen molar-refractivity contribution in [1.82, 2.24) is 4.90 Å². The summed E-state index contributed by atoms with van der Waals surface area (Å²) in [5.41, 5.74) is -0.834. The van der Waals surface area contributed by atoms with Gasteiger partial charge in [0.05, 0.1) is 31.2 Å². The van der Waals surface area contributed by atoms with Crippen molar-refractivity contribution in [3.05, 3.63) is 65.2 Å². The first-order chi connectivity index (χ1) is 13.5. The predicted molar refractivity (Wildman–Crippen MR) is 90.3 cm³/mol. The van der Waals surface area contributed by atoms with Crippen molar-refractivity contribution >= 4 is 17.7 Å². The average molecular weight is 413 g/mol. The number of benzene rings is 2. The molecule has 1 fully saturated rings. The fourth-order valence-electron chi connectivity index (χ4n) is 2.87. The molecule has 3 rings (SSSR count). The second-order valence-electron chi connectivity index (χ2n) is 6.61. The second-order valence-corrected chi connectivity index (χ2v) is 6.61. The van der Waals surface area contributed by atoms with Crippen molar-refractivity contribution in [3.63, 3.8) is 0 Å². The summed E-state index contributed by atoms with van der Waals surface area (Å²) >= 11 is 0. The van der Waals surface area contributed by atoms with Crippen molar-refractivity contribution in [1.29, 1.82) is 0 Å². The number of carbonyl (C=O) groups excluding carboxylic acids is 2. The quantitative estimate of drug-likeness (QED) is 0.724. The Morgan fingerprint density at radius 2 is 1.69 bits per heavy atom. The molecule has 0 bridgehead atoms. The van der Waals surface area contributed by atoms with E-state index in [2.05, 4.69) is 0 Å². The van der Waals surface area contributed by atoms with Gasteiger partial charge in [0.25, 0.3) is 5.92 Å². The van der Waals surface area contributed by atoms with E-state index in [-0.39, 0.29) is 17.8 Å². The van der Waals surface area contributed by atoms with Crippen LogP contribution < -0.4 is 10.0 Å². The lowest BCUT2D eigenvalue weighted by molar-refractivity contribution is -0.255. The molecule has 0 aromatic heterocycles. The minimum Gasteiger partial charge on any atom is -0.545 e. The van der Waals surface area contributed by atoms with E-state index < -0.39 is 42.8 Å². The molecule has 1 aliphatic rings. The molecule has 0 radical (unpaired) electrons. The highest BCUT2D eigenvalue weighted by atomic mass is 19.4. The van der Waals surface area contributed by atoms with Crippen LogP contribution in [0.4, 0.5) is 32.4 Å². The first kappa shape index (κ1) is 20.6. The number of alkyl halides is 5. The lowest BCUT2D eigenvalue weighted by Crippen LogP contribution is -2.61. The number of nitrogens with zero attached hydrogens (tertiary/aromatic N) is 2. The number of urea groups is 1. The van der Waals surface area contributed by atoms with Crippen LogP contribution in [0, 0.1) is 0 Å². The number of carboxylic acid groups (broad SMARTS) is 1. The highest BCUT2D eigenvalue weighted by Crippen LogP contribution is 2.34. The maximum absolute atomic E-state index is 13.2. The fraction of sp³-hybridized carbons (Fsp3) is 0.263. The zero-order valence-corrected chi connectivity index (χ0v) is 14.7. The van der Waals surface area contributed by atoms with E-state index >= 15 is 0 Å². The van der Waals surface area contributed by atoms with Crippen LogP contribution in [-0.4, -0.2) is 35.9 Å². The summed E-state index contributed by atoms with van der Waals surface area (Å²) in [6, 6.07) is 8.26. The Morgan fingerprint density at radius 1 is 1.07 bits per heavy atom. The van der Waals surface area contributed by atoms with E-state index in [1.54, 1.807) is 0 Å². The summed E-state index contributed by atoms with van der Waals surface area (Å²) in [6.45, 7) is -1.90. The Morgan fingerprint density at radius 3 is 2.21 bits per heavy atom. The average Bonchev–Trinajstić information content (AvgIpc) is 2.63. The second kappa shape index (κ2) is 7.34. The number of anilines is 1. The summed E-state index contributed by atoms with van der Waals surface area (Å²) < 4.78 is 65.4. The van der Waals surface area contributed by atoms with Gasteiger partial charge in [-0.15, -0.1) is 0 Å². The van der Waals surface area contributed by atoms with Crippen molar-refractivity contribution < 1.29 is 36.6 Å². The Kier molecular flexibility index (Phi) is 5.20. The maximum Gasteiger partial charge on any atom is 0.416 e. The molecule has 154 valence electrons. The van der Waals surface area contributed by atoms with E-state index in [4.69, 9.17) is 0 Å². The third kappa shape index (κ3) is 4.64. The van der Waals surface area contributed by atoms with Gasteiger partial charge in [0.1, 0.15) is 0 Å².